The lowest BCUT2D eigenvalue weighted by Crippen LogP contribution is -2.42. The Hall–Kier alpha value is -2.97. The second-order valence-corrected chi connectivity index (χ2v) is 10.6. The molecule has 2 fully saturated rings. The number of aromatic nitrogens is 3. The Morgan fingerprint density at radius 2 is 1.94 bits per heavy atom. The highest BCUT2D eigenvalue weighted by Crippen LogP contribution is 2.32. The summed E-state index contributed by atoms with van der Waals surface area (Å²) in [4.78, 5) is 22.0. The first-order valence-electron chi connectivity index (χ1n) is 12.6. The van der Waals surface area contributed by atoms with Crippen LogP contribution < -0.4 is 0 Å². The van der Waals surface area contributed by atoms with E-state index in [-0.39, 0.29) is 12.0 Å². The van der Waals surface area contributed by atoms with E-state index in [9.17, 15) is 4.79 Å². The van der Waals surface area contributed by atoms with Gasteiger partial charge < -0.3 is 14.4 Å². The molecule has 1 aromatic carbocycles. The van der Waals surface area contributed by atoms with Crippen molar-refractivity contribution < 1.29 is 14.3 Å². The predicted octanol–water partition coefficient (Wildman–Crippen LogP) is 4.57. The molecule has 1 atom stereocenters. The molecule has 2 aromatic heterocycles. The summed E-state index contributed by atoms with van der Waals surface area (Å²) in [5.74, 6) is 0.162. The van der Waals surface area contributed by atoms with Gasteiger partial charge in [-0.1, -0.05) is 24.3 Å². The number of hydrogen-bond acceptors (Lipinski definition) is 6. The van der Waals surface area contributed by atoms with Gasteiger partial charge in [0.05, 0.1) is 30.6 Å². The van der Waals surface area contributed by atoms with Crippen molar-refractivity contribution in [2.24, 2.45) is 0 Å². The Balaban J connectivity index is 1.37. The first-order valence-corrected chi connectivity index (χ1v) is 12.6. The fourth-order valence-electron chi connectivity index (χ4n) is 4.89. The molecular formula is C27H35N5O3. The quantitative estimate of drug-likeness (QED) is 0.593. The number of carbonyl (C=O) groups excluding carboxylic acids is 1. The number of aromatic amines is 1. The summed E-state index contributed by atoms with van der Waals surface area (Å²) in [5, 5.41) is 8.45. The monoisotopic (exact) mass is 477 g/mol. The zero-order chi connectivity index (χ0) is 24.4. The number of hydrogen-bond donors (Lipinski definition) is 1. The molecule has 2 aliphatic rings. The van der Waals surface area contributed by atoms with Crippen molar-refractivity contribution in [3.63, 3.8) is 0 Å². The molecule has 0 saturated carbocycles. The molecule has 0 bridgehead atoms. The SMILES string of the molecule is CC(C)(C)OC(=O)N1CCCC(c2cc3cn[nH]c3c(-c3ccc(CN4CCOCC4)cc3)n2)C1. The van der Waals surface area contributed by atoms with Crippen LogP contribution >= 0.6 is 0 Å². The Morgan fingerprint density at radius 3 is 2.69 bits per heavy atom. The summed E-state index contributed by atoms with van der Waals surface area (Å²) in [6, 6.07) is 10.8. The van der Waals surface area contributed by atoms with E-state index in [1.165, 1.54) is 5.56 Å². The Bertz CT molecular complexity index is 1160. The average Bonchev–Trinajstić information content (AvgIpc) is 3.33. The van der Waals surface area contributed by atoms with Crippen molar-refractivity contribution in [1.82, 2.24) is 25.0 Å². The van der Waals surface area contributed by atoms with Crippen LogP contribution in [0.5, 0.6) is 0 Å². The Morgan fingerprint density at radius 1 is 1.17 bits per heavy atom. The number of H-pyrrole nitrogens is 1. The molecule has 0 radical (unpaired) electrons. The molecule has 1 amide bonds. The number of ether oxygens (including phenoxy) is 2. The highest BCUT2D eigenvalue weighted by Gasteiger charge is 2.29. The van der Waals surface area contributed by atoms with Crippen molar-refractivity contribution in [2.45, 2.75) is 51.7 Å². The molecule has 4 heterocycles. The fraction of sp³-hybridized carbons (Fsp3) is 0.519. The van der Waals surface area contributed by atoms with Crippen molar-refractivity contribution in [3.05, 3.63) is 47.8 Å². The van der Waals surface area contributed by atoms with Gasteiger partial charge in [0.25, 0.3) is 0 Å². The van der Waals surface area contributed by atoms with Crippen LogP contribution in [0.25, 0.3) is 22.2 Å². The molecule has 8 heteroatoms. The van der Waals surface area contributed by atoms with Crippen LogP contribution in [0.15, 0.2) is 36.5 Å². The van der Waals surface area contributed by atoms with Crippen LogP contribution in [0.4, 0.5) is 4.79 Å². The topological polar surface area (TPSA) is 83.6 Å². The molecule has 1 unspecified atom stereocenters. The van der Waals surface area contributed by atoms with Crippen LogP contribution in [0.1, 0.15) is 50.8 Å². The van der Waals surface area contributed by atoms with Gasteiger partial charge >= 0.3 is 6.09 Å². The number of carbonyl (C=O) groups is 1. The van der Waals surface area contributed by atoms with Gasteiger partial charge in [-0.3, -0.25) is 15.0 Å². The van der Waals surface area contributed by atoms with Crippen molar-refractivity contribution in [1.29, 1.82) is 0 Å². The van der Waals surface area contributed by atoms with Crippen molar-refractivity contribution >= 4 is 17.0 Å². The molecule has 35 heavy (non-hydrogen) atoms. The third-order valence-electron chi connectivity index (χ3n) is 6.68. The number of fused-ring (bicyclic) bond motifs is 1. The van der Waals surface area contributed by atoms with Gasteiger partial charge in [0.1, 0.15) is 5.60 Å². The van der Waals surface area contributed by atoms with E-state index in [1.54, 1.807) is 0 Å². The first-order chi connectivity index (χ1) is 16.9. The maximum Gasteiger partial charge on any atom is 0.410 e. The number of piperidine rings is 1. The zero-order valence-electron chi connectivity index (χ0n) is 20.9. The lowest BCUT2D eigenvalue weighted by molar-refractivity contribution is 0.0197. The van der Waals surface area contributed by atoms with E-state index in [0.717, 1.165) is 80.1 Å². The summed E-state index contributed by atoms with van der Waals surface area (Å²) in [6.45, 7) is 11.5. The summed E-state index contributed by atoms with van der Waals surface area (Å²) < 4.78 is 11.1. The molecule has 1 N–H and O–H groups in total. The second-order valence-electron chi connectivity index (χ2n) is 10.6. The van der Waals surface area contributed by atoms with Gasteiger partial charge in [0.15, 0.2) is 0 Å². The van der Waals surface area contributed by atoms with Crippen LogP contribution in [0, 0.1) is 0 Å². The first kappa shape index (κ1) is 23.8. The van der Waals surface area contributed by atoms with Gasteiger partial charge in [0.2, 0.25) is 0 Å². The molecule has 2 aliphatic heterocycles. The van der Waals surface area contributed by atoms with Gasteiger partial charge in [-0.2, -0.15) is 5.10 Å². The molecule has 8 nitrogen and oxygen atoms in total. The lowest BCUT2D eigenvalue weighted by Gasteiger charge is -2.34. The number of pyridine rings is 1. The smallest absolute Gasteiger partial charge is 0.410 e. The van der Waals surface area contributed by atoms with Gasteiger partial charge in [-0.05, 0) is 45.2 Å². The number of nitrogens with one attached hydrogen (secondary N) is 1. The molecule has 0 aliphatic carbocycles. The fourth-order valence-corrected chi connectivity index (χ4v) is 4.89. The number of nitrogens with zero attached hydrogens (tertiary/aromatic N) is 4. The van der Waals surface area contributed by atoms with E-state index in [1.807, 2.05) is 31.9 Å². The third-order valence-corrected chi connectivity index (χ3v) is 6.68. The number of benzene rings is 1. The van der Waals surface area contributed by atoms with Gasteiger partial charge in [0, 0.05) is 55.3 Å². The van der Waals surface area contributed by atoms with E-state index in [0.29, 0.717) is 6.54 Å². The van der Waals surface area contributed by atoms with Gasteiger partial charge in [-0.25, -0.2) is 4.79 Å². The highest BCUT2D eigenvalue weighted by atomic mass is 16.6. The summed E-state index contributed by atoms with van der Waals surface area (Å²) in [7, 11) is 0. The molecule has 2 saturated heterocycles. The Labute approximate surface area is 206 Å². The number of morpholine rings is 1. The van der Waals surface area contributed by atoms with E-state index >= 15 is 0 Å². The lowest BCUT2D eigenvalue weighted by atomic mass is 9.93. The summed E-state index contributed by atoms with van der Waals surface area (Å²) >= 11 is 0. The predicted molar refractivity (Wildman–Crippen MR) is 135 cm³/mol. The van der Waals surface area contributed by atoms with Crippen LogP contribution in [-0.4, -0.2) is 76.1 Å². The molecule has 5 rings (SSSR count). The van der Waals surface area contributed by atoms with Crippen LogP contribution in [0.3, 0.4) is 0 Å². The number of likely N-dealkylation sites (tertiary alicyclic amines) is 1. The average molecular weight is 478 g/mol. The summed E-state index contributed by atoms with van der Waals surface area (Å²) in [5.41, 5.74) is 4.69. The highest BCUT2D eigenvalue weighted by molar-refractivity contribution is 5.91. The third kappa shape index (κ3) is 5.65. The second kappa shape index (κ2) is 9.95. The standard InChI is InChI=1S/C27H35N5O3/c1-27(2,3)35-26(33)32-10-4-5-21(18-32)23-15-22-16-28-30-25(22)24(29-23)20-8-6-19(7-9-20)17-31-11-13-34-14-12-31/h6-9,15-16,21H,4-5,10-14,17-18H2,1-3H3,(H,28,30). The van der Waals surface area contributed by atoms with Crippen molar-refractivity contribution in [2.75, 3.05) is 39.4 Å². The van der Waals surface area contributed by atoms with Crippen LogP contribution in [0.2, 0.25) is 0 Å². The van der Waals surface area contributed by atoms with E-state index < -0.39 is 5.60 Å². The van der Waals surface area contributed by atoms with Crippen molar-refractivity contribution in [3.8, 4) is 11.3 Å². The normalized spacial score (nSPS) is 19.7. The zero-order valence-corrected chi connectivity index (χ0v) is 20.9. The van der Waals surface area contributed by atoms with Gasteiger partial charge in [-0.15, -0.1) is 0 Å². The molecule has 0 spiro atoms. The maximum absolute atomic E-state index is 12.7. The van der Waals surface area contributed by atoms with Crippen LogP contribution in [-0.2, 0) is 16.0 Å². The number of amides is 1. The van der Waals surface area contributed by atoms with E-state index in [2.05, 4.69) is 45.4 Å². The maximum atomic E-state index is 12.7. The molecule has 186 valence electrons. The Kier molecular flexibility index (Phi) is 6.75. The minimum Gasteiger partial charge on any atom is -0.444 e. The molecular weight excluding hydrogens is 442 g/mol. The largest absolute Gasteiger partial charge is 0.444 e. The van der Waals surface area contributed by atoms with E-state index in [4.69, 9.17) is 14.5 Å². The summed E-state index contributed by atoms with van der Waals surface area (Å²) in [6.07, 6.45) is 3.53. The number of rotatable bonds is 4. The minimum atomic E-state index is -0.501. The molecule has 3 aromatic rings. The minimum absolute atomic E-state index is 0.162.